The molecule has 1 heterocycles. The minimum Gasteiger partial charge on any atom is -0.459 e. The molecule has 1 aromatic heterocycles. The van der Waals surface area contributed by atoms with Crippen molar-refractivity contribution in [3.05, 3.63) is 23.7 Å². The van der Waals surface area contributed by atoms with Gasteiger partial charge >= 0.3 is 0 Å². The molecule has 84 valence electrons. The molecule has 1 atom stereocenters. The quantitative estimate of drug-likeness (QED) is 0.789. The van der Waals surface area contributed by atoms with Crippen molar-refractivity contribution < 1.29 is 14.3 Å². The normalized spacial score (nSPS) is 12.9. The predicted molar refractivity (Wildman–Crippen MR) is 56.6 cm³/mol. The molecule has 2 N–H and O–H groups in total. The van der Waals surface area contributed by atoms with Crippen LogP contribution in [0.1, 0.15) is 30.0 Å². The first-order chi connectivity index (χ1) is 7.06. The van der Waals surface area contributed by atoms with Gasteiger partial charge in [-0.3, -0.25) is 4.79 Å². The van der Waals surface area contributed by atoms with E-state index in [9.17, 15) is 4.79 Å². The SMILES string of the molecule is Cc1ccoc1C(=O)NC(CO)C(C)C. The molecule has 0 fully saturated rings. The van der Waals surface area contributed by atoms with Gasteiger partial charge in [0.1, 0.15) is 0 Å². The monoisotopic (exact) mass is 211 g/mol. The fraction of sp³-hybridized carbons (Fsp3) is 0.545. The topological polar surface area (TPSA) is 62.5 Å². The van der Waals surface area contributed by atoms with Gasteiger partial charge in [-0.15, -0.1) is 0 Å². The Labute approximate surface area is 89.3 Å². The Balaban J connectivity index is 2.67. The molecule has 1 aromatic rings. The lowest BCUT2D eigenvalue weighted by atomic mass is 10.1. The Hall–Kier alpha value is -1.29. The molecule has 0 saturated carbocycles. The fourth-order valence-electron chi connectivity index (χ4n) is 1.26. The van der Waals surface area contributed by atoms with Crippen LogP contribution in [-0.4, -0.2) is 23.7 Å². The third kappa shape index (κ3) is 2.83. The molecule has 1 rings (SSSR count). The number of rotatable bonds is 4. The standard InChI is InChI=1S/C11H17NO3/c1-7(2)9(6-13)12-11(14)10-8(3)4-5-15-10/h4-5,7,9,13H,6H2,1-3H3,(H,12,14). The Morgan fingerprint density at radius 2 is 2.27 bits per heavy atom. The Bertz CT molecular complexity index is 330. The maximum Gasteiger partial charge on any atom is 0.287 e. The predicted octanol–water partition coefficient (Wildman–Crippen LogP) is 1.33. The molecule has 0 spiro atoms. The van der Waals surface area contributed by atoms with E-state index in [2.05, 4.69) is 5.32 Å². The number of nitrogens with one attached hydrogen (secondary N) is 1. The summed E-state index contributed by atoms with van der Waals surface area (Å²) in [7, 11) is 0. The lowest BCUT2D eigenvalue weighted by molar-refractivity contribution is 0.0868. The summed E-state index contributed by atoms with van der Waals surface area (Å²) in [6, 6.07) is 1.50. The molecule has 4 heteroatoms. The third-order valence-electron chi connectivity index (χ3n) is 2.39. The smallest absolute Gasteiger partial charge is 0.287 e. The van der Waals surface area contributed by atoms with Gasteiger partial charge < -0.3 is 14.8 Å². The van der Waals surface area contributed by atoms with Gasteiger partial charge in [-0.1, -0.05) is 13.8 Å². The summed E-state index contributed by atoms with van der Waals surface area (Å²) >= 11 is 0. The molecular formula is C11H17NO3. The minimum atomic E-state index is -0.273. The molecule has 0 saturated heterocycles. The largest absolute Gasteiger partial charge is 0.459 e. The number of aryl methyl sites for hydroxylation is 1. The lowest BCUT2D eigenvalue weighted by Crippen LogP contribution is -2.41. The van der Waals surface area contributed by atoms with E-state index in [0.29, 0.717) is 5.76 Å². The second-order valence-electron chi connectivity index (χ2n) is 3.94. The van der Waals surface area contributed by atoms with Crippen molar-refractivity contribution in [2.45, 2.75) is 26.8 Å². The van der Waals surface area contributed by atoms with Gasteiger partial charge in [0.25, 0.3) is 5.91 Å². The van der Waals surface area contributed by atoms with E-state index in [1.165, 1.54) is 6.26 Å². The van der Waals surface area contributed by atoms with Gasteiger partial charge in [0.15, 0.2) is 5.76 Å². The first-order valence-electron chi connectivity index (χ1n) is 5.02. The van der Waals surface area contributed by atoms with E-state index < -0.39 is 0 Å². The van der Waals surface area contributed by atoms with Gasteiger partial charge in [-0.2, -0.15) is 0 Å². The van der Waals surface area contributed by atoms with Crippen LogP contribution in [0.25, 0.3) is 0 Å². The second-order valence-corrected chi connectivity index (χ2v) is 3.94. The summed E-state index contributed by atoms with van der Waals surface area (Å²) in [5.74, 6) is 0.230. The van der Waals surface area contributed by atoms with Crippen molar-refractivity contribution in [3.63, 3.8) is 0 Å². The summed E-state index contributed by atoms with van der Waals surface area (Å²) in [5, 5.41) is 11.8. The highest BCUT2D eigenvalue weighted by Gasteiger charge is 2.19. The van der Waals surface area contributed by atoms with E-state index >= 15 is 0 Å². The number of aliphatic hydroxyl groups excluding tert-OH is 1. The highest BCUT2D eigenvalue weighted by atomic mass is 16.3. The summed E-state index contributed by atoms with van der Waals surface area (Å²) in [5.41, 5.74) is 0.799. The molecule has 15 heavy (non-hydrogen) atoms. The van der Waals surface area contributed by atoms with Crippen molar-refractivity contribution in [3.8, 4) is 0 Å². The molecule has 0 aliphatic rings. The van der Waals surface area contributed by atoms with Crippen LogP contribution < -0.4 is 5.32 Å². The molecule has 0 radical (unpaired) electrons. The van der Waals surface area contributed by atoms with Gasteiger partial charge in [0, 0.05) is 5.56 Å². The molecule has 0 aliphatic carbocycles. The highest BCUT2D eigenvalue weighted by molar-refractivity contribution is 5.92. The fourth-order valence-corrected chi connectivity index (χ4v) is 1.26. The van der Waals surface area contributed by atoms with Crippen LogP contribution in [0.5, 0.6) is 0 Å². The number of carbonyl (C=O) groups excluding carboxylic acids is 1. The number of amides is 1. The third-order valence-corrected chi connectivity index (χ3v) is 2.39. The van der Waals surface area contributed by atoms with E-state index in [1.54, 1.807) is 6.07 Å². The van der Waals surface area contributed by atoms with Crippen LogP contribution in [-0.2, 0) is 0 Å². The number of aliphatic hydroxyl groups is 1. The first kappa shape index (κ1) is 11.8. The summed E-state index contributed by atoms with van der Waals surface area (Å²) in [4.78, 5) is 11.7. The highest BCUT2D eigenvalue weighted by Crippen LogP contribution is 2.09. The number of carbonyl (C=O) groups is 1. The average molecular weight is 211 g/mol. The summed E-state index contributed by atoms with van der Waals surface area (Å²) < 4.78 is 5.06. The molecule has 1 amide bonds. The molecule has 0 aliphatic heterocycles. The zero-order valence-electron chi connectivity index (χ0n) is 9.28. The van der Waals surface area contributed by atoms with E-state index in [-0.39, 0.29) is 24.5 Å². The molecular weight excluding hydrogens is 194 g/mol. The van der Waals surface area contributed by atoms with Gasteiger partial charge in [0.2, 0.25) is 0 Å². The first-order valence-corrected chi connectivity index (χ1v) is 5.02. The zero-order valence-corrected chi connectivity index (χ0v) is 9.28. The zero-order chi connectivity index (χ0) is 11.4. The Morgan fingerprint density at radius 3 is 2.67 bits per heavy atom. The average Bonchev–Trinajstić information content (AvgIpc) is 2.60. The van der Waals surface area contributed by atoms with Crippen LogP contribution >= 0.6 is 0 Å². The van der Waals surface area contributed by atoms with E-state index in [1.807, 2.05) is 20.8 Å². The maximum absolute atomic E-state index is 11.7. The van der Waals surface area contributed by atoms with Crippen LogP contribution in [0.15, 0.2) is 16.7 Å². The van der Waals surface area contributed by atoms with Crippen molar-refractivity contribution in [1.29, 1.82) is 0 Å². The van der Waals surface area contributed by atoms with Crippen LogP contribution in [0, 0.1) is 12.8 Å². The van der Waals surface area contributed by atoms with E-state index in [0.717, 1.165) is 5.56 Å². The van der Waals surface area contributed by atoms with E-state index in [4.69, 9.17) is 9.52 Å². The van der Waals surface area contributed by atoms with Crippen molar-refractivity contribution in [1.82, 2.24) is 5.32 Å². The van der Waals surface area contributed by atoms with Crippen LogP contribution in [0.2, 0.25) is 0 Å². The molecule has 4 nitrogen and oxygen atoms in total. The van der Waals surface area contributed by atoms with Crippen molar-refractivity contribution >= 4 is 5.91 Å². The minimum absolute atomic E-state index is 0.0663. The summed E-state index contributed by atoms with van der Waals surface area (Å²) in [6.07, 6.45) is 1.48. The van der Waals surface area contributed by atoms with Gasteiger partial charge in [-0.25, -0.2) is 0 Å². The molecule has 1 unspecified atom stereocenters. The Kier molecular flexibility index (Phi) is 3.91. The Morgan fingerprint density at radius 1 is 1.60 bits per heavy atom. The van der Waals surface area contributed by atoms with Crippen LogP contribution in [0.3, 0.4) is 0 Å². The lowest BCUT2D eigenvalue weighted by Gasteiger charge is -2.19. The number of hydrogen-bond donors (Lipinski definition) is 2. The van der Waals surface area contributed by atoms with Crippen molar-refractivity contribution in [2.75, 3.05) is 6.61 Å². The maximum atomic E-state index is 11.7. The van der Waals surface area contributed by atoms with Gasteiger partial charge in [-0.05, 0) is 18.9 Å². The molecule has 0 aromatic carbocycles. The van der Waals surface area contributed by atoms with Gasteiger partial charge in [0.05, 0.1) is 18.9 Å². The number of furan rings is 1. The number of hydrogen-bond acceptors (Lipinski definition) is 3. The molecule has 0 bridgehead atoms. The van der Waals surface area contributed by atoms with Crippen molar-refractivity contribution in [2.24, 2.45) is 5.92 Å². The van der Waals surface area contributed by atoms with Crippen LogP contribution in [0.4, 0.5) is 0 Å². The second kappa shape index (κ2) is 4.98. The summed E-state index contributed by atoms with van der Waals surface area (Å²) in [6.45, 7) is 5.62.